The lowest BCUT2D eigenvalue weighted by Gasteiger charge is -2.18. The van der Waals surface area contributed by atoms with Crippen molar-refractivity contribution in [3.05, 3.63) is 40.8 Å². The normalized spacial score (nSPS) is 15.8. The fourth-order valence-electron chi connectivity index (χ4n) is 4.12. The van der Waals surface area contributed by atoms with Crippen LogP contribution in [0.5, 0.6) is 5.75 Å². The summed E-state index contributed by atoms with van der Waals surface area (Å²) in [4.78, 5) is 13.7. The number of hydrogen-bond acceptors (Lipinski definition) is 8. The van der Waals surface area contributed by atoms with Gasteiger partial charge < -0.3 is 34.8 Å². The Morgan fingerprint density at radius 2 is 2.21 bits per heavy atom. The average Bonchev–Trinajstić information content (AvgIpc) is 3.46. The van der Waals surface area contributed by atoms with Crippen molar-refractivity contribution in [3.63, 3.8) is 0 Å². The Morgan fingerprint density at radius 1 is 1.35 bits per heavy atom. The predicted molar refractivity (Wildman–Crippen MR) is 143 cm³/mol. The number of pyridine rings is 1. The number of anilines is 1. The summed E-state index contributed by atoms with van der Waals surface area (Å²) in [6, 6.07) is 8.11. The second-order valence-corrected chi connectivity index (χ2v) is 9.84. The molecule has 4 N–H and O–H groups in total. The van der Waals surface area contributed by atoms with E-state index in [1.165, 1.54) is 0 Å². The van der Waals surface area contributed by atoms with Crippen LogP contribution in [0.2, 0.25) is 0 Å². The minimum Gasteiger partial charge on any atom is -0.490 e. The highest BCUT2D eigenvalue weighted by Gasteiger charge is 2.25. The maximum atomic E-state index is 9.17. The average molecular weight is 502 g/mol. The number of aliphatic hydroxyl groups excluding tert-OH is 1. The van der Waals surface area contributed by atoms with Crippen molar-refractivity contribution < 1.29 is 14.6 Å². The van der Waals surface area contributed by atoms with E-state index in [9.17, 15) is 0 Å². The van der Waals surface area contributed by atoms with Crippen LogP contribution in [0.1, 0.15) is 5.69 Å². The lowest BCUT2D eigenvalue weighted by Crippen LogP contribution is -2.30. The van der Waals surface area contributed by atoms with Gasteiger partial charge in [-0.2, -0.15) is 0 Å². The van der Waals surface area contributed by atoms with Gasteiger partial charge in [-0.25, -0.2) is 0 Å². The number of rotatable bonds is 11. The molecule has 0 spiro atoms. The lowest BCUT2D eigenvalue weighted by molar-refractivity contribution is 0.146. The van der Waals surface area contributed by atoms with Crippen molar-refractivity contribution in [1.29, 1.82) is 0 Å². The third kappa shape index (κ3) is 5.31. The zero-order valence-corrected chi connectivity index (χ0v) is 21.3. The van der Waals surface area contributed by atoms with Crippen LogP contribution in [0.4, 0.5) is 5.69 Å². The molecule has 1 atom stereocenters. The Hall–Kier alpha value is -2.37. The van der Waals surface area contributed by atoms with Gasteiger partial charge in [0.1, 0.15) is 22.0 Å². The van der Waals surface area contributed by atoms with Crippen molar-refractivity contribution in [2.24, 2.45) is 4.99 Å². The smallest absolute Gasteiger partial charge is 0.130 e. The monoisotopic (exact) mass is 501 g/mol. The van der Waals surface area contributed by atoms with Gasteiger partial charge in [-0.3, -0.25) is 4.99 Å². The minimum absolute atomic E-state index is 0.165. The highest BCUT2D eigenvalue weighted by atomic mass is 32.2. The van der Waals surface area contributed by atoms with Gasteiger partial charge in [-0.05, 0) is 31.3 Å². The van der Waals surface area contributed by atoms with E-state index >= 15 is 0 Å². The molecule has 3 heterocycles. The third-order valence-corrected chi connectivity index (χ3v) is 7.25. The minimum atomic E-state index is 0.165. The van der Waals surface area contributed by atoms with Gasteiger partial charge in [-0.15, -0.1) is 0 Å². The van der Waals surface area contributed by atoms with Crippen LogP contribution < -0.4 is 10.1 Å². The SMILES string of the molecule is CNc1c(-c2ccc[nH]c2=S)c(OCCOC)cc2cc(C3=NCC(CN(C)CCO)S3)[nH]c12. The number of nitrogens with one attached hydrogen (secondary N) is 3. The van der Waals surface area contributed by atoms with E-state index in [4.69, 9.17) is 31.8 Å². The van der Waals surface area contributed by atoms with Crippen molar-refractivity contribution >= 4 is 45.6 Å². The largest absolute Gasteiger partial charge is 0.490 e. The van der Waals surface area contributed by atoms with Crippen molar-refractivity contribution in [1.82, 2.24) is 14.9 Å². The Balaban J connectivity index is 1.72. The fraction of sp³-hybridized carbons (Fsp3) is 0.417. The molecule has 0 saturated carbocycles. The molecule has 34 heavy (non-hydrogen) atoms. The molecule has 0 fully saturated rings. The van der Waals surface area contributed by atoms with E-state index in [-0.39, 0.29) is 6.61 Å². The van der Waals surface area contributed by atoms with E-state index in [0.717, 1.165) is 57.3 Å². The topological polar surface area (TPSA) is 97.9 Å². The summed E-state index contributed by atoms with van der Waals surface area (Å²) in [5, 5.41) is 14.9. The number of hydrogen-bond donors (Lipinski definition) is 4. The molecule has 0 aliphatic carbocycles. The first-order chi connectivity index (χ1) is 16.5. The second-order valence-electron chi connectivity index (χ2n) is 8.15. The molecule has 1 aliphatic heterocycles. The van der Waals surface area contributed by atoms with Crippen LogP contribution in [-0.2, 0) is 4.74 Å². The van der Waals surface area contributed by atoms with Gasteiger partial charge in [0.05, 0.1) is 42.2 Å². The summed E-state index contributed by atoms with van der Waals surface area (Å²) in [6.45, 7) is 3.41. The van der Waals surface area contributed by atoms with Crippen LogP contribution in [0.3, 0.4) is 0 Å². The number of fused-ring (bicyclic) bond motifs is 1. The molecule has 1 unspecified atom stereocenters. The van der Waals surface area contributed by atoms with E-state index in [1.807, 2.05) is 32.4 Å². The summed E-state index contributed by atoms with van der Waals surface area (Å²) >= 11 is 7.38. The number of thioether (sulfide) groups is 1. The van der Waals surface area contributed by atoms with Crippen LogP contribution in [-0.4, -0.2) is 90.9 Å². The Morgan fingerprint density at radius 3 is 2.94 bits per heavy atom. The molecule has 182 valence electrons. The molecule has 0 amide bonds. The van der Waals surface area contributed by atoms with Crippen molar-refractivity contribution in [2.75, 3.05) is 66.0 Å². The molecule has 2 aromatic heterocycles. The van der Waals surface area contributed by atoms with Crippen LogP contribution in [0, 0.1) is 4.64 Å². The van der Waals surface area contributed by atoms with Gasteiger partial charge in [0.25, 0.3) is 0 Å². The van der Waals surface area contributed by atoms with E-state index < -0.39 is 0 Å². The molecule has 3 aromatic rings. The summed E-state index contributed by atoms with van der Waals surface area (Å²) in [7, 11) is 5.59. The van der Waals surface area contributed by atoms with E-state index in [1.54, 1.807) is 18.9 Å². The van der Waals surface area contributed by atoms with Crippen molar-refractivity contribution in [2.45, 2.75) is 5.25 Å². The van der Waals surface area contributed by atoms with Crippen LogP contribution >= 0.6 is 24.0 Å². The molecule has 0 saturated heterocycles. The molecule has 10 heteroatoms. The molecule has 1 aromatic carbocycles. The summed E-state index contributed by atoms with van der Waals surface area (Å²) in [6.07, 6.45) is 1.82. The number of H-pyrrole nitrogens is 2. The Kier molecular flexibility index (Phi) is 8.28. The highest BCUT2D eigenvalue weighted by molar-refractivity contribution is 8.15. The van der Waals surface area contributed by atoms with E-state index in [0.29, 0.717) is 29.6 Å². The Labute approximate surface area is 208 Å². The summed E-state index contributed by atoms with van der Waals surface area (Å²) in [5.74, 6) is 0.745. The highest BCUT2D eigenvalue weighted by Crippen LogP contribution is 2.43. The number of aliphatic imine (C=N–C) groups is 1. The number of aromatic nitrogens is 2. The maximum absolute atomic E-state index is 9.17. The number of likely N-dealkylation sites (N-methyl/N-ethyl adjacent to an activating group) is 1. The number of aliphatic hydroxyl groups is 1. The van der Waals surface area contributed by atoms with Crippen LogP contribution in [0.25, 0.3) is 22.0 Å². The van der Waals surface area contributed by atoms with Crippen LogP contribution in [0.15, 0.2) is 35.5 Å². The second kappa shape index (κ2) is 11.4. The third-order valence-electron chi connectivity index (χ3n) is 5.71. The standard InChI is InChI=1S/C24H31N5O3S2/c1-25-22-20(17-5-4-6-26-23(17)33)19(32-10-9-31-3)12-15-11-18(28-21(15)22)24-27-13-16(34-24)14-29(2)7-8-30/h4-6,11-12,16,25,28,30H,7-10,13-14H2,1-3H3,(H,26,33). The zero-order valence-electron chi connectivity index (χ0n) is 19.7. The number of benzene rings is 1. The number of aromatic amines is 2. The first-order valence-electron chi connectivity index (χ1n) is 11.2. The number of ether oxygens (including phenoxy) is 2. The zero-order chi connectivity index (χ0) is 24.1. The first-order valence-corrected chi connectivity index (χ1v) is 12.5. The molecule has 1 aliphatic rings. The number of methoxy groups -OCH3 is 1. The first kappa shape index (κ1) is 24.7. The quantitative estimate of drug-likeness (QED) is 0.235. The molecule has 0 bridgehead atoms. The molecule has 4 rings (SSSR count). The summed E-state index contributed by atoms with van der Waals surface area (Å²) < 4.78 is 12.0. The van der Waals surface area contributed by atoms with Gasteiger partial charge in [0.15, 0.2) is 0 Å². The molecular formula is C24H31N5O3S2. The molecule has 8 nitrogen and oxygen atoms in total. The van der Waals surface area contributed by atoms with Gasteiger partial charge in [0, 0.05) is 49.6 Å². The van der Waals surface area contributed by atoms with Crippen molar-refractivity contribution in [3.8, 4) is 16.9 Å². The Bertz CT molecular complexity index is 1220. The fourth-order valence-corrected chi connectivity index (χ4v) is 5.54. The summed E-state index contributed by atoms with van der Waals surface area (Å²) in [5.41, 5.74) is 4.69. The van der Waals surface area contributed by atoms with Gasteiger partial charge in [-0.1, -0.05) is 24.0 Å². The molecular weight excluding hydrogens is 470 g/mol. The maximum Gasteiger partial charge on any atom is 0.130 e. The number of nitrogens with zero attached hydrogens (tertiary/aromatic N) is 2. The van der Waals surface area contributed by atoms with E-state index in [2.05, 4.69) is 32.3 Å². The van der Waals surface area contributed by atoms with Gasteiger partial charge >= 0.3 is 0 Å². The predicted octanol–water partition coefficient (Wildman–Crippen LogP) is 3.75. The molecule has 0 radical (unpaired) electrons. The lowest BCUT2D eigenvalue weighted by atomic mass is 10.0. The van der Waals surface area contributed by atoms with Gasteiger partial charge in [0.2, 0.25) is 0 Å².